The number of piperazine rings is 1. The molecule has 3 heterocycles. The molecule has 1 aliphatic heterocycles. The molecule has 0 amide bonds. The topological polar surface area (TPSA) is 84.3 Å². The van der Waals surface area contributed by atoms with Gasteiger partial charge in [-0.1, -0.05) is 11.2 Å². The van der Waals surface area contributed by atoms with Crippen molar-refractivity contribution in [3.05, 3.63) is 29.7 Å². The summed E-state index contributed by atoms with van der Waals surface area (Å²) in [6.07, 6.45) is 1.74. The average molecular weight is 288 g/mol. The van der Waals surface area contributed by atoms with Crippen LogP contribution in [0, 0.1) is 0 Å². The summed E-state index contributed by atoms with van der Waals surface area (Å²) in [5, 5.41) is 4.12. The number of rotatable bonds is 3. The minimum Gasteiger partial charge on any atom is -0.332 e. The van der Waals surface area contributed by atoms with E-state index in [0.29, 0.717) is 24.0 Å². The van der Waals surface area contributed by atoms with Crippen molar-refractivity contribution in [1.29, 1.82) is 0 Å². The van der Waals surface area contributed by atoms with Gasteiger partial charge >= 0.3 is 0 Å². The molecule has 1 aliphatic rings. The monoisotopic (exact) mass is 288 g/mol. The minimum atomic E-state index is 0.157. The van der Waals surface area contributed by atoms with Gasteiger partial charge in [-0.25, -0.2) is 0 Å². The first-order valence-electron chi connectivity index (χ1n) is 7.05. The summed E-state index contributed by atoms with van der Waals surface area (Å²) in [5.74, 6) is 1.17. The Bertz CT molecular complexity index is 596. The molecule has 7 nitrogen and oxygen atoms in total. The van der Waals surface area contributed by atoms with E-state index in [9.17, 15) is 0 Å². The minimum absolute atomic E-state index is 0.157. The van der Waals surface area contributed by atoms with Gasteiger partial charge in [0.2, 0.25) is 0 Å². The lowest BCUT2D eigenvalue weighted by Crippen LogP contribution is -2.45. The Balaban J connectivity index is 1.81. The summed E-state index contributed by atoms with van der Waals surface area (Å²) < 4.78 is 5.36. The Morgan fingerprint density at radius 2 is 2.19 bits per heavy atom. The van der Waals surface area contributed by atoms with Crippen molar-refractivity contribution in [3.8, 4) is 11.6 Å². The maximum Gasteiger partial charge on any atom is 0.276 e. The van der Waals surface area contributed by atoms with E-state index in [1.54, 1.807) is 6.20 Å². The fraction of sp³-hybridized carbons (Fsp3) is 0.500. The Morgan fingerprint density at radius 1 is 1.33 bits per heavy atom. The van der Waals surface area contributed by atoms with Crippen molar-refractivity contribution in [1.82, 2.24) is 24.9 Å². The van der Waals surface area contributed by atoms with Gasteiger partial charge < -0.3 is 15.2 Å². The highest BCUT2D eigenvalue weighted by molar-refractivity contribution is 5.46. The molecule has 0 bridgehead atoms. The van der Waals surface area contributed by atoms with Gasteiger partial charge in [0.15, 0.2) is 5.82 Å². The molecule has 3 rings (SSSR count). The zero-order chi connectivity index (χ0) is 14.8. The SMILES string of the molecule is CN1CCN(C)C(c2noc(-c3ccc(CN)cn3)n2)C1. The van der Waals surface area contributed by atoms with Crippen molar-refractivity contribution >= 4 is 0 Å². The van der Waals surface area contributed by atoms with Crippen LogP contribution in [0.5, 0.6) is 0 Å². The predicted molar refractivity (Wildman–Crippen MR) is 78.3 cm³/mol. The zero-order valence-electron chi connectivity index (χ0n) is 12.4. The van der Waals surface area contributed by atoms with Crippen LogP contribution >= 0.6 is 0 Å². The van der Waals surface area contributed by atoms with Gasteiger partial charge in [-0.2, -0.15) is 4.98 Å². The lowest BCUT2D eigenvalue weighted by Gasteiger charge is -2.35. The summed E-state index contributed by atoms with van der Waals surface area (Å²) in [6.45, 7) is 3.42. The highest BCUT2D eigenvalue weighted by Gasteiger charge is 2.28. The number of pyridine rings is 1. The Morgan fingerprint density at radius 3 is 2.90 bits per heavy atom. The summed E-state index contributed by atoms with van der Waals surface area (Å²) in [5.41, 5.74) is 7.22. The molecule has 1 unspecified atom stereocenters. The number of hydrogen-bond acceptors (Lipinski definition) is 7. The van der Waals surface area contributed by atoms with Crippen LogP contribution in [0.2, 0.25) is 0 Å². The lowest BCUT2D eigenvalue weighted by molar-refractivity contribution is 0.108. The van der Waals surface area contributed by atoms with E-state index in [1.165, 1.54) is 0 Å². The van der Waals surface area contributed by atoms with Crippen LogP contribution in [-0.2, 0) is 6.54 Å². The Hall–Kier alpha value is -1.83. The van der Waals surface area contributed by atoms with E-state index < -0.39 is 0 Å². The van der Waals surface area contributed by atoms with Crippen molar-refractivity contribution in [3.63, 3.8) is 0 Å². The van der Waals surface area contributed by atoms with Gasteiger partial charge in [0.25, 0.3) is 5.89 Å². The maximum absolute atomic E-state index is 5.57. The molecule has 2 aromatic heterocycles. The van der Waals surface area contributed by atoms with Gasteiger partial charge in [-0.3, -0.25) is 9.88 Å². The third-order valence-electron chi connectivity index (χ3n) is 3.87. The third kappa shape index (κ3) is 2.94. The number of hydrogen-bond donors (Lipinski definition) is 1. The number of likely N-dealkylation sites (N-methyl/N-ethyl adjacent to an activating group) is 2. The van der Waals surface area contributed by atoms with Crippen LogP contribution in [0.1, 0.15) is 17.4 Å². The summed E-state index contributed by atoms with van der Waals surface area (Å²) >= 11 is 0. The molecule has 0 aliphatic carbocycles. The maximum atomic E-state index is 5.57. The number of nitrogens with two attached hydrogens (primary N) is 1. The van der Waals surface area contributed by atoms with Crippen LogP contribution in [0.25, 0.3) is 11.6 Å². The molecule has 0 radical (unpaired) electrons. The van der Waals surface area contributed by atoms with E-state index in [2.05, 4.69) is 39.0 Å². The molecule has 112 valence electrons. The number of nitrogens with zero attached hydrogens (tertiary/aromatic N) is 5. The van der Waals surface area contributed by atoms with Crippen LogP contribution in [0.3, 0.4) is 0 Å². The lowest BCUT2D eigenvalue weighted by atomic mass is 10.2. The predicted octanol–water partition coefficient (Wildman–Crippen LogP) is 0.509. The summed E-state index contributed by atoms with van der Waals surface area (Å²) in [7, 11) is 4.19. The molecule has 2 N–H and O–H groups in total. The van der Waals surface area contributed by atoms with Crippen molar-refractivity contribution < 1.29 is 4.52 Å². The molecule has 2 aromatic rings. The van der Waals surface area contributed by atoms with Crippen LogP contribution in [0.4, 0.5) is 0 Å². The fourth-order valence-corrected chi connectivity index (χ4v) is 2.43. The second-order valence-electron chi connectivity index (χ2n) is 5.47. The largest absolute Gasteiger partial charge is 0.332 e. The normalized spacial score (nSPS) is 20.8. The van der Waals surface area contributed by atoms with Crippen molar-refractivity contribution in [2.75, 3.05) is 33.7 Å². The molecular formula is C14H20N6O. The first kappa shape index (κ1) is 14.1. The molecule has 0 saturated carbocycles. The quantitative estimate of drug-likeness (QED) is 0.880. The van der Waals surface area contributed by atoms with Gasteiger partial charge in [-0.15, -0.1) is 0 Å². The smallest absolute Gasteiger partial charge is 0.276 e. The first-order valence-corrected chi connectivity index (χ1v) is 7.05. The zero-order valence-corrected chi connectivity index (χ0v) is 12.4. The van der Waals surface area contributed by atoms with Gasteiger partial charge in [-0.05, 0) is 25.7 Å². The van der Waals surface area contributed by atoms with Gasteiger partial charge in [0, 0.05) is 32.4 Å². The average Bonchev–Trinajstić information content (AvgIpc) is 2.99. The third-order valence-corrected chi connectivity index (χ3v) is 3.87. The first-order chi connectivity index (χ1) is 10.2. The van der Waals surface area contributed by atoms with Crippen molar-refractivity contribution in [2.45, 2.75) is 12.6 Å². The van der Waals surface area contributed by atoms with E-state index in [4.69, 9.17) is 10.3 Å². The number of aromatic nitrogens is 3. The van der Waals surface area contributed by atoms with Crippen LogP contribution in [0.15, 0.2) is 22.9 Å². The van der Waals surface area contributed by atoms with E-state index in [1.807, 2.05) is 12.1 Å². The summed E-state index contributed by atoms with van der Waals surface area (Å²) in [6, 6.07) is 3.94. The highest BCUT2D eigenvalue weighted by atomic mass is 16.5. The molecule has 21 heavy (non-hydrogen) atoms. The molecule has 1 fully saturated rings. The molecule has 7 heteroatoms. The molecule has 1 saturated heterocycles. The summed E-state index contributed by atoms with van der Waals surface area (Å²) in [4.78, 5) is 13.3. The second kappa shape index (κ2) is 5.88. The van der Waals surface area contributed by atoms with Crippen LogP contribution < -0.4 is 5.73 Å². The fourth-order valence-electron chi connectivity index (χ4n) is 2.43. The van der Waals surface area contributed by atoms with E-state index in [-0.39, 0.29) is 6.04 Å². The standard InChI is InChI=1S/C14H20N6O/c1-19-5-6-20(2)12(9-19)13-17-14(21-18-13)11-4-3-10(7-15)8-16-11/h3-4,8,12H,5-7,9,15H2,1-2H3. The molecular weight excluding hydrogens is 268 g/mol. The van der Waals surface area contributed by atoms with Crippen molar-refractivity contribution in [2.24, 2.45) is 5.73 Å². The molecule has 0 spiro atoms. The highest BCUT2D eigenvalue weighted by Crippen LogP contribution is 2.23. The van der Waals surface area contributed by atoms with Crippen LogP contribution in [-0.4, -0.2) is 58.7 Å². The van der Waals surface area contributed by atoms with Gasteiger partial charge in [0.1, 0.15) is 5.69 Å². The van der Waals surface area contributed by atoms with Gasteiger partial charge in [0.05, 0.1) is 6.04 Å². The molecule has 0 aromatic carbocycles. The second-order valence-corrected chi connectivity index (χ2v) is 5.47. The van der Waals surface area contributed by atoms with E-state index >= 15 is 0 Å². The van der Waals surface area contributed by atoms with E-state index in [0.717, 1.165) is 25.2 Å². The Kier molecular flexibility index (Phi) is 3.96. The molecule has 1 atom stereocenters. The Labute approximate surface area is 123 Å².